The molecule has 0 aromatic rings. The quantitative estimate of drug-likeness (QED) is 0.521. The fraction of sp³-hybridized carbons (Fsp3) is 0.600. The maximum Gasteiger partial charge on any atom is -0.0343 e. The van der Waals surface area contributed by atoms with Crippen LogP contribution in [0.1, 0.15) is 33.6 Å². The van der Waals surface area contributed by atoms with E-state index < -0.39 is 0 Å². The van der Waals surface area contributed by atoms with Crippen molar-refractivity contribution in [2.45, 2.75) is 33.6 Å². The molecule has 0 aliphatic heterocycles. The van der Waals surface area contributed by atoms with Gasteiger partial charge in [0.25, 0.3) is 0 Å². The molecule has 0 N–H and O–H groups in total. The van der Waals surface area contributed by atoms with Gasteiger partial charge in [-0.1, -0.05) is 38.2 Å². The topological polar surface area (TPSA) is 0 Å². The van der Waals surface area contributed by atoms with E-state index >= 15 is 0 Å². The Morgan fingerprint density at radius 2 is 2.10 bits per heavy atom. The highest BCUT2D eigenvalue weighted by atomic mass is 14.0. The summed E-state index contributed by atoms with van der Waals surface area (Å²) in [5.74, 6) is 0.814. The van der Waals surface area contributed by atoms with Crippen LogP contribution < -0.4 is 0 Å². The predicted molar refractivity (Wildman–Crippen MR) is 48.0 cm³/mol. The van der Waals surface area contributed by atoms with Crippen LogP contribution in [0.3, 0.4) is 0 Å². The highest BCUT2D eigenvalue weighted by Gasteiger charge is 1.89. The average molecular weight is 138 g/mol. The molecular formula is C10H18. The zero-order valence-corrected chi connectivity index (χ0v) is 7.35. The second kappa shape index (κ2) is 5.28. The van der Waals surface area contributed by atoms with Gasteiger partial charge in [0, 0.05) is 0 Å². The molecule has 0 aliphatic carbocycles. The van der Waals surface area contributed by atoms with Crippen LogP contribution in [-0.4, -0.2) is 0 Å². The van der Waals surface area contributed by atoms with E-state index in [-0.39, 0.29) is 0 Å². The van der Waals surface area contributed by atoms with Crippen LogP contribution >= 0.6 is 0 Å². The Morgan fingerprint density at radius 1 is 1.50 bits per heavy atom. The first-order chi connectivity index (χ1) is 4.66. The Balaban J connectivity index is 3.43. The van der Waals surface area contributed by atoms with Crippen molar-refractivity contribution in [1.82, 2.24) is 0 Å². The minimum absolute atomic E-state index is 0.814. The predicted octanol–water partition coefficient (Wildman–Crippen LogP) is 3.55. The lowest BCUT2D eigenvalue weighted by Crippen LogP contribution is -1.84. The zero-order chi connectivity index (χ0) is 7.98. The number of hydrogen-bond acceptors (Lipinski definition) is 0. The standard InChI is InChI=1S/C10H18/c1-5-10(4)8-6-7-9(2)3/h5,8-9H,1,6-7H2,2-4H3/b10-8+. The molecule has 0 radical (unpaired) electrons. The van der Waals surface area contributed by atoms with Crippen molar-refractivity contribution in [1.29, 1.82) is 0 Å². The Kier molecular flexibility index (Phi) is 5.00. The first-order valence-corrected chi connectivity index (χ1v) is 3.96. The molecule has 0 bridgehead atoms. The summed E-state index contributed by atoms with van der Waals surface area (Å²) in [5, 5.41) is 0. The van der Waals surface area contributed by atoms with Crippen LogP contribution in [0, 0.1) is 5.92 Å². The SMILES string of the molecule is C=C/C(C)=C/CCC(C)C. The van der Waals surface area contributed by atoms with Gasteiger partial charge in [-0.05, 0) is 25.7 Å². The van der Waals surface area contributed by atoms with Crippen LogP contribution in [0.25, 0.3) is 0 Å². The van der Waals surface area contributed by atoms with E-state index in [0.717, 1.165) is 5.92 Å². The molecule has 0 rings (SSSR count). The van der Waals surface area contributed by atoms with E-state index in [1.807, 2.05) is 6.08 Å². The molecule has 0 nitrogen and oxygen atoms in total. The Labute approximate surface area is 64.6 Å². The lowest BCUT2D eigenvalue weighted by Gasteiger charge is -1.99. The summed E-state index contributed by atoms with van der Waals surface area (Å²) in [6.45, 7) is 10.3. The first-order valence-electron chi connectivity index (χ1n) is 3.96. The van der Waals surface area contributed by atoms with Crippen LogP contribution in [-0.2, 0) is 0 Å². The molecular weight excluding hydrogens is 120 g/mol. The van der Waals surface area contributed by atoms with Gasteiger partial charge in [-0.15, -0.1) is 0 Å². The Hall–Kier alpha value is -0.520. The fourth-order valence-corrected chi connectivity index (χ4v) is 0.728. The van der Waals surface area contributed by atoms with Crippen LogP contribution in [0.5, 0.6) is 0 Å². The molecule has 0 saturated carbocycles. The van der Waals surface area contributed by atoms with Crippen molar-refractivity contribution in [3.63, 3.8) is 0 Å². The first kappa shape index (κ1) is 9.48. The molecule has 0 amide bonds. The minimum Gasteiger partial charge on any atom is -0.0988 e. The van der Waals surface area contributed by atoms with Gasteiger partial charge >= 0.3 is 0 Å². The Bertz CT molecular complexity index is 118. The molecule has 0 aromatic heterocycles. The maximum absolute atomic E-state index is 3.69. The summed E-state index contributed by atoms with van der Waals surface area (Å²) in [4.78, 5) is 0. The molecule has 0 spiro atoms. The minimum atomic E-state index is 0.814. The van der Waals surface area contributed by atoms with Crippen molar-refractivity contribution in [3.05, 3.63) is 24.3 Å². The molecule has 10 heavy (non-hydrogen) atoms. The maximum atomic E-state index is 3.69. The molecule has 0 unspecified atom stereocenters. The normalized spacial score (nSPS) is 12.2. The molecule has 0 aromatic carbocycles. The fourth-order valence-electron chi connectivity index (χ4n) is 0.728. The van der Waals surface area contributed by atoms with Crippen LogP contribution in [0.2, 0.25) is 0 Å². The second-order valence-corrected chi connectivity index (χ2v) is 3.12. The highest BCUT2D eigenvalue weighted by Crippen LogP contribution is 2.06. The molecule has 0 heterocycles. The molecule has 58 valence electrons. The second-order valence-electron chi connectivity index (χ2n) is 3.12. The molecule has 0 heteroatoms. The summed E-state index contributed by atoms with van der Waals surface area (Å²) in [6, 6.07) is 0. The number of rotatable bonds is 4. The van der Waals surface area contributed by atoms with Crippen molar-refractivity contribution >= 4 is 0 Å². The van der Waals surface area contributed by atoms with Crippen LogP contribution in [0.4, 0.5) is 0 Å². The van der Waals surface area contributed by atoms with E-state index in [1.54, 1.807) is 0 Å². The average Bonchev–Trinajstić information content (AvgIpc) is 1.87. The third-order valence-corrected chi connectivity index (χ3v) is 1.53. The van der Waals surface area contributed by atoms with E-state index in [0.29, 0.717) is 0 Å². The lowest BCUT2D eigenvalue weighted by atomic mass is 10.1. The van der Waals surface area contributed by atoms with Gasteiger partial charge in [-0.3, -0.25) is 0 Å². The van der Waals surface area contributed by atoms with E-state index in [4.69, 9.17) is 0 Å². The summed E-state index contributed by atoms with van der Waals surface area (Å²) >= 11 is 0. The van der Waals surface area contributed by atoms with Crippen molar-refractivity contribution < 1.29 is 0 Å². The summed E-state index contributed by atoms with van der Waals surface area (Å²) in [7, 11) is 0. The van der Waals surface area contributed by atoms with Crippen molar-refractivity contribution in [2.75, 3.05) is 0 Å². The highest BCUT2D eigenvalue weighted by molar-refractivity contribution is 5.12. The van der Waals surface area contributed by atoms with Gasteiger partial charge in [-0.2, -0.15) is 0 Å². The third kappa shape index (κ3) is 5.61. The monoisotopic (exact) mass is 138 g/mol. The van der Waals surface area contributed by atoms with Gasteiger partial charge in [0.15, 0.2) is 0 Å². The number of hydrogen-bond donors (Lipinski definition) is 0. The van der Waals surface area contributed by atoms with Crippen molar-refractivity contribution in [3.8, 4) is 0 Å². The molecule has 0 atom stereocenters. The molecule has 0 saturated heterocycles. The summed E-state index contributed by atoms with van der Waals surface area (Å²) < 4.78 is 0. The lowest BCUT2D eigenvalue weighted by molar-refractivity contribution is 0.593. The van der Waals surface area contributed by atoms with E-state index in [9.17, 15) is 0 Å². The largest absolute Gasteiger partial charge is 0.0988 e. The van der Waals surface area contributed by atoms with Gasteiger partial charge in [-0.25, -0.2) is 0 Å². The third-order valence-electron chi connectivity index (χ3n) is 1.53. The smallest absolute Gasteiger partial charge is 0.0343 e. The van der Waals surface area contributed by atoms with Gasteiger partial charge in [0.2, 0.25) is 0 Å². The summed E-state index contributed by atoms with van der Waals surface area (Å²) in [5.41, 5.74) is 1.29. The Morgan fingerprint density at radius 3 is 2.50 bits per heavy atom. The van der Waals surface area contributed by atoms with Crippen molar-refractivity contribution in [2.24, 2.45) is 5.92 Å². The molecule has 0 aliphatic rings. The van der Waals surface area contributed by atoms with E-state index in [1.165, 1.54) is 18.4 Å². The number of allylic oxidation sites excluding steroid dienone is 3. The summed E-state index contributed by atoms with van der Waals surface area (Å²) in [6.07, 6.45) is 6.62. The van der Waals surface area contributed by atoms with Gasteiger partial charge < -0.3 is 0 Å². The van der Waals surface area contributed by atoms with Gasteiger partial charge in [0.1, 0.15) is 0 Å². The molecule has 0 fully saturated rings. The van der Waals surface area contributed by atoms with Crippen LogP contribution in [0.15, 0.2) is 24.3 Å². The zero-order valence-electron chi connectivity index (χ0n) is 7.35. The van der Waals surface area contributed by atoms with Gasteiger partial charge in [0.05, 0.1) is 0 Å². The van der Waals surface area contributed by atoms with E-state index in [2.05, 4.69) is 33.4 Å².